The first-order valence-corrected chi connectivity index (χ1v) is 6.51. The third kappa shape index (κ3) is 2.88. The minimum Gasteiger partial charge on any atom is -0.478 e. The van der Waals surface area contributed by atoms with E-state index in [0.29, 0.717) is 23.0 Å². The lowest BCUT2D eigenvalue weighted by Gasteiger charge is -2.08. The van der Waals surface area contributed by atoms with E-state index in [4.69, 9.17) is 5.11 Å². The van der Waals surface area contributed by atoms with Gasteiger partial charge in [0.25, 0.3) is 0 Å². The average Bonchev–Trinajstić information content (AvgIpc) is 2.58. The molecule has 1 aliphatic heterocycles. The van der Waals surface area contributed by atoms with Crippen molar-refractivity contribution in [1.82, 2.24) is 0 Å². The highest BCUT2D eigenvalue weighted by molar-refractivity contribution is 8.01. The quantitative estimate of drug-likeness (QED) is 0.895. The molecule has 2 unspecified atom stereocenters. The van der Waals surface area contributed by atoms with Crippen LogP contribution >= 0.6 is 11.8 Å². The fraction of sp³-hybridized carbons (Fsp3) is 0.385. The maximum Gasteiger partial charge on any atom is 0.335 e. The van der Waals surface area contributed by atoms with E-state index in [-0.39, 0.29) is 5.25 Å². The molecule has 2 rings (SSSR count). The molecule has 0 aromatic heterocycles. The summed E-state index contributed by atoms with van der Waals surface area (Å²) in [7, 11) is 0. The van der Waals surface area contributed by atoms with E-state index in [1.807, 2.05) is 13.0 Å². The molecule has 1 N–H and O–H groups in total. The second-order valence-corrected chi connectivity index (χ2v) is 5.93. The van der Waals surface area contributed by atoms with Crippen molar-refractivity contribution >= 4 is 23.5 Å². The number of hydrogen-bond acceptors (Lipinski definition) is 3. The number of benzene rings is 1. The molecule has 1 saturated heterocycles. The van der Waals surface area contributed by atoms with E-state index < -0.39 is 5.97 Å². The van der Waals surface area contributed by atoms with E-state index >= 15 is 0 Å². The predicted octanol–water partition coefficient (Wildman–Crippen LogP) is 2.39. The summed E-state index contributed by atoms with van der Waals surface area (Å²) >= 11 is 1.69. The van der Waals surface area contributed by atoms with E-state index in [1.54, 1.807) is 30.0 Å². The van der Waals surface area contributed by atoms with Gasteiger partial charge in [0, 0.05) is 11.7 Å². The van der Waals surface area contributed by atoms with E-state index in [9.17, 15) is 9.59 Å². The molecule has 3 nitrogen and oxygen atoms in total. The summed E-state index contributed by atoms with van der Waals surface area (Å²) in [6.45, 7) is 1.93. The number of thioether (sulfide) groups is 1. The summed E-state index contributed by atoms with van der Waals surface area (Å²) in [5.41, 5.74) is 1.30. The van der Waals surface area contributed by atoms with Crippen LogP contribution in [-0.2, 0) is 11.2 Å². The number of ketones is 1. The first-order chi connectivity index (χ1) is 8.06. The number of Topliss-reactive ketones (excluding diaryl/α,β-unsaturated/α-hetero) is 1. The average molecular weight is 250 g/mol. The Kier molecular flexibility index (Phi) is 3.52. The van der Waals surface area contributed by atoms with Crippen LogP contribution in [0.4, 0.5) is 0 Å². The second-order valence-electron chi connectivity index (χ2n) is 4.28. The summed E-state index contributed by atoms with van der Waals surface area (Å²) in [5, 5.41) is 9.27. The highest BCUT2D eigenvalue weighted by Crippen LogP contribution is 2.32. The first kappa shape index (κ1) is 12.2. The van der Waals surface area contributed by atoms with Gasteiger partial charge in [0.15, 0.2) is 0 Å². The molecule has 4 heteroatoms. The van der Waals surface area contributed by atoms with Gasteiger partial charge in [-0.3, -0.25) is 4.79 Å². The lowest BCUT2D eigenvalue weighted by molar-refractivity contribution is -0.117. The minimum atomic E-state index is -0.907. The van der Waals surface area contributed by atoms with E-state index in [2.05, 4.69) is 0 Å². The smallest absolute Gasteiger partial charge is 0.335 e. The summed E-state index contributed by atoms with van der Waals surface area (Å²) in [5.74, 6) is -0.607. The van der Waals surface area contributed by atoms with Crippen molar-refractivity contribution < 1.29 is 14.7 Å². The third-order valence-electron chi connectivity index (χ3n) is 2.92. The summed E-state index contributed by atoms with van der Waals surface area (Å²) < 4.78 is 0. The van der Waals surface area contributed by atoms with Gasteiger partial charge < -0.3 is 5.11 Å². The normalized spacial score (nSPS) is 23.9. The fourth-order valence-electron chi connectivity index (χ4n) is 2.02. The Morgan fingerprint density at radius 2 is 2.29 bits per heavy atom. The van der Waals surface area contributed by atoms with Gasteiger partial charge in [0.1, 0.15) is 5.78 Å². The van der Waals surface area contributed by atoms with Gasteiger partial charge in [-0.2, -0.15) is 0 Å². The van der Waals surface area contributed by atoms with Gasteiger partial charge in [0.05, 0.1) is 10.8 Å². The van der Waals surface area contributed by atoms with Crippen molar-refractivity contribution in [2.24, 2.45) is 0 Å². The molecule has 0 aliphatic carbocycles. The zero-order chi connectivity index (χ0) is 12.4. The lowest BCUT2D eigenvalue weighted by atomic mass is 10.0. The van der Waals surface area contributed by atoms with Crippen LogP contribution in [0.25, 0.3) is 0 Å². The van der Waals surface area contributed by atoms with E-state index in [0.717, 1.165) is 12.0 Å². The topological polar surface area (TPSA) is 54.4 Å². The Bertz CT molecular complexity index is 456. The number of carbonyl (C=O) groups excluding carboxylic acids is 1. The summed E-state index contributed by atoms with van der Waals surface area (Å²) in [4.78, 5) is 22.3. The van der Waals surface area contributed by atoms with Crippen molar-refractivity contribution in [1.29, 1.82) is 0 Å². The minimum absolute atomic E-state index is 0.0858. The summed E-state index contributed by atoms with van der Waals surface area (Å²) in [6, 6.07) is 6.95. The molecular formula is C13H14O3S. The Labute approximate surface area is 104 Å². The predicted molar refractivity (Wildman–Crippen MR) is 67.6 cm³/mol. The van der Waals surface area contributed by atoms with Crippen molar-refractivity contribution in [3.8, 4) is 0 Å². The van der Waals surface area contributed by atoms with Crippen molar-refractivity contribution in [3.05, 3.63) is 35.4 Å². The maximum atomic E-state index is 11.4. The molecule has 0 spiro atoms. The molecule has 0 amide bonds. The molecule has 1 fully saturated rings. The van der Waals surface area contributed by atoms with Crippen molar-refractivity contribution in [3.63, 3.8) is 0 Å². The monoisotopic (exact) mass is 250 g/mol. The van der Waals surface area contributed by atoms with Crippen LogP contribution in [0.2, 0.25) is 0 Å². The van der Waals surface area contributed by atoms with Gasteiger partial charge in [-0.1, -0.05) is 12.1 Å². The van der Waals surface area contributed by atoms with E-state index in [1.165, 1.54) is 0 Å². The van der Waals surface area contributed by atoms with Crippen LogP contribution in [-0.4, -0.2) is 27.4 Å². The number of carboxylic acid groups (broad SMARTS) is 1. The first-order valence-electron chi connectivity index (χ1n) is 5.56. The van der Waals surface area contributed by atoms with Crippen LogP contribution < -0.4 is 0 Å². The molecule has 0 radical (unpaired) electrons. The largest absolute Gasteiger partial charge is 0.478 e. The number of rotatable bonds is 3. The van der Waals surface area contributed by atoms with Crippen LogP contribution in [0.1, 0.15) is 29.3 Å². The molecule has 90 valence electrons. The van der Waals surface area contributed by atoms with Gasteiger partial charge >= 0.3 is 5.97 Å². The second kappa shape index (κ2) is 4.92. The SMILES string of the molecule is CC1SC(Cc2cccc(C(=O)O)c2)CC1=O. The molecule has 1 aromatic rings. The highest BCUT2D eigenvalue weighted by Gasteiger charge is 2.29. The lowest BCUT2D eigenvalue weighted by Crippen LogP contribution is -2.06. The zero-order valence-electron chi connectivity index (χ0n) is 9.55. The van der Waals surface area contributed by atoms with Gasteiger partial charge in [-0.05, 0) is 31.0 Å². The van der Waals surface area contributed by atoms with Gasteiger partial charge in [0.2, 0.25) is 0 Å². The van der Waals surface area contributed by atoms with Crippen LogP contribution in [0.5, 0.6) is 0 Å². The molecule has 0 bridgehead atoms. The third-order valence-corrected chi connectivity index (χ3v) is 4.31. The number of carbonyl (C=O) groups is 2. The maximum absolute atomic E-state index is 11.4. The molecule has 17 heavy (non-hydrogen) atoms. The van der Waals surface area contributed by atoms with Gasteiger partial charge in [-0.25, -0.2) is 4.79 Å². The van der Waals surface area contributed by atoms with Gasteiger partial charge in [-0.15, -0.1) is 11.8 Å². The number of hydrogen-bond donors (Lipinski definition) is 1. The zero-order valence-corrected chi connectivity index (χ0v) is 10.4. The molecule has 1 heterocycles. The van der Waals surface area contributed by atoms with Crippen LogP contribution in [0.15, 0.2) is 24.3 Å². The molecule has 1 aliphatic rings. The Morgan fingerprint density at radius 3 is 2.88 bits per heavy atom. The Hall–Kier alpha value is -1.29. The van der Waals surface area contributed by atoms with Crippen molar-refractivity contribution in [2.45, 2.75) is 30.3 Å². The molecule has 0 saturated carbocycles. The van der Waals surface area contributed by atoms with Crippen LogP contribution in [0.3, 0.4) is 0 Å². The number of carboxylic acids is 1. The standard InChI is InChI=1S/C13H14O3S/c1-8-12(14)7-11(17-8)6-9-3-2-4-10(5-9)13(15)16/h2-5,8,11H,6-7H2,1H3,(H,15,16). The number of aromatic carboxylic acids is 1. The van der Waals surface area contributed by atoms with Crippen molar-refractivity contribution in [2.75, 3.05) is 0 Å². The van der Waals surface area contributed by atoms with Crippen LogP contribution in [0, 0.1) is 0 Å². The Balaban J connectivity index is 2.07. The fourth-order valence-corrected chi connectivity index (χ4v) is 3.39. The highest BCUT2D eigenvalue weighted by atomic mass is 32.2. The Morgan fingerprint density at radius 1 is 1.53 bits per heavy atom. The molecule has 1 aromatic carbocycles. The molecular weight excluding hydrogens is 236 g/mol. The molecule has 2 atom stereocenters. The summed E-state index contributed by atoms with van der Waals surface area (Å²) in [6.07, 6.45) is 1.37.